The summed E-state index contributed by atoms with van der Waals surface area (Å²) in [6.45, 7) is 5.51. The highest BCUT2D eigenvalue weighted by Crippen LogP contribution is 2.26. The summed E-state index contributed by atoms with van der Waals surface area (Å²) in [4.78, 5) is 0. The minimum absolute atomic E-state index is 0.0352. The van der Waals surface area contributed by atoms with Crippen molar-refractivity contribution in [2.24, 2.45) is 5.41 Å². The number of methoxy groups -OCH3 is 1. The van der Waals surface area contributed by atoms with Gasteiger partial charge in [-0.25, -0.2) is 9.07 Å². The van der Waals surface area contributed by atoms with Gasteiger partial charge in [-0.15, -0.1) is 5.10 Å². The smallest absolute Gasteiger partial charge is 0.182 e. The van der Waals surface area contributed by atoms with Crippen LogP contribution >= 0.6 is 0 Å². The van der Waals surface area contributed by atoms with E-state index in [9.17, 15) is 4.39 Å². The van der Waals surface area contributed by atoms with Crippen LogP contribution in [-0.4, -0.2) is 33.9 Å². The molecule has 6 nitrogen and oxygen atoms in total. The number of nitrogen functional groups attached to an aromatic ring is 1. The van der Waals surface area contributed by atoms with Gasteiger partial charge in [-0.3, -0.25) is 0 Å². The Morgan fingerprint density at radius 2 is 2.14 bits per heavy atom. The highest BCUT2D eigenvalue weighted by atomic mass is 19.1. The van der Waals surface area contributed by atoms with E-state index >= 15 is 0 Å². The molecular formula is C14H20FN5O. The highest BCUT2D eigenvalue weighted by molar-refractivity contribution is 5.59. The monoisotopic (exact) mass is 293 g/mol. The Labute approximate surface area is 123 Å². The lowest BCUT2D eigenvalue weighted by atomic mass is 9.89. The number of hydrogen-bond donors (Lipinski definition) is 1. The first-order valence-electron chi connectivity index (χ1n) is 6.73. The molecule has 0 saturated heterocycles. The van der Waals surface area contributed by atoms with Crippen molar-refractivity contribution in [2.75, 3.05) is 19.5 Å². The van der Waals surface area contributed by atoms with Crippen molar-refractivity contribution >= 4 is 5.69 Å². The molecule has 1 heterocycles. The van der Waals surface area contributed by atoms with Gasteiger partial charge < -0.3 is 10.5 Å². The van der Waals surface area contributed by atoms with E-state index in [0.29, 0.717) is 24.5 Å². The number of aromatic nitrogens is 4. The summed E-state index contributed by atoms with van der Waals surface area (Å²) in [7, 11) is 1.68. The van der Waals surface area contributed by atoms with Gasteiger partial charge in [-0.05, 0) is 40.5 Å². The van der Waals surface area contributed by atoms with Crippen LogP contribution in [0.1, 0.15) is 20.3 Å². The lowest BCUT2D eigenvalue weighted by molar-refractivity contribution is 0.140. The molecule has 0 spiro atoms. The van der Waals surface area contributed by atoms with Crippen LogP contribution < -0.4 is 5.73 Å². The second-order valence-electron chi connectivity index (χ2n) is 5.80. The number of ether oxygens (including phenoxy) is 1. The first kappa shape index (κ1) is 15.4. The molecule has 0 bridgehead atoms. The van der Waals surface area contributed by atoms with Gasteiger partial charge in [0.2, 0.25) is 0 Å². The zero-order valence-corrected chi connectivity index (χ0v) is 12.5. The van der Waals surface area contributed by atoms with E-state index in [-0.39, 0.29) is 11.1 Å². The molecule has 114 valence electrons. The minimum Gasteiger partial charge on any atom is -0.396 e. The number of anilines is 1. The van der Waals surface area contributed by atoms with Gasteiger partial charge in [-0.1, -0.05) is 13.8 Å². The Bertz CT molecular complexity index is 611. The van der Waals surface area contributed by atoms with Crippen LogP contribution in [0.4, 0.5) is 10.1 Å². The quantitative estimate of drug-likeness (QED) is 0.825. The Hall–Kier alpha value is -2.02. The van der Waals surface area contributed by atoms with E-state index < -0.39 is 5.82 Å². The highest BCUT2D eigenvalue weighted by Gasteiger charge is 2.22. The van der Waals surface area contributed by atoms with Crippen molar-refractivity contribution in [3.8, 4) is 11.4 Å². The molecule has 1 aromatic carbocycles. The fourth-order valence-corrected chi connectivity index (χ4v) is 2.05. The van der Waals surface area contributed by atoms with Crippen molar-refractivity contribution in [3.05, 3.63) is 24.0 Å². The predicted octanol–water partition coefficient (Wildman–Crippen LogP) is 2.12. The van der Waals surface area contributed by atoms with Gasteiger partial charge in [0.05, 0.1) is 12.2 Å². The molecule has 0 fully saturated rings. The van der Waals surface area contributed by atoms with Gasteiger partial charge >= 0.3 is 0 Å². The van der Waals surface area contributed by atoms with Crippen molar-refractivity contribution in [1.82, 2.24) is 20.2 Å². The van der Waals surface area contributed by atoms with Crippen LogP contribution in [0.15, 0.2) is 18.2 Å². The third-order valence-electron chi connectivity index (χ3n) is 3.35. The zero-order valence-electron chi connectivity index (χ0n) is 12.5. The van der Waals surface area contributed by atoms with Crippen LogP contribution in [0.2, 0.25) is 0 Å². The molecule has 0 radical (unpaired) electrons. The molecule has 0 aliphatic rings. The Kier molecular flexibility index (Phi) is 4.52. The number of nitrogens with two attached hydrogens (primary N) is 1. The summed E-state index contributed by atoms with van der Waals surface area (Å²) in [5.74, 6) is 0.0556. The molecule has 2 N–H and O–H groups in total. The Morgan fingerprint density at radius 3 is 2.81 bits per heavy atom. The first-order chi connectivity index (χ1) is 9.93. The number of halogens is 1. The fraction of sp³-hybridized carbons (Fsp3) is 0.500. The maximum Gasteiger partial charge on any atom is 0.182 e. The number of nitrogens with zero attached hydrogens (tertiary/aromatic N) is 4. The van der Waals surface area contributed by atoms with Crippen LogP contribution in [0.3, 0.4) is 0 Å². The maximum absolute atomic E-state index is 13.6. The molecule has 7 heteroatoms. The first-order valence-corrected chi connectivity index (χ1v) is 6.73. The van der Waals surface area contributed by atoms with E-state index in [1.807, 2.05) is 0 Å². The predicted molar refractivity (Wildman–Crippen MR) is 77.9 cm³/mol. The average Bonchev–Trinajstić information content (AvgIpc) is 2.87. The van der Waals surface area contributed by atoms with E-state index in [0.717, 1.165) is 6.42 Å². The molecule has 0 aliphatic carbocycles. The molecule has 2 rings (SSSR count). The van der Waals surface area contributed by atoms with Gasteiger partial charge in [0, 0.05) is 19.3 Å². The summed E-state index contributed by atoms with van der Waals surface area (Å²) in [5, 5.41) is 11.7. The summed E-state index contributed by atoms with van der Waals surface area (Å²) in [5.41, 5.74) is 6.17. The van der Waals surface area contributed by atoms with E-state index in [1.165, 1.54) is 12.1 Å². The number of hydrogen-bond acceptors (Lipinski definition) is 5. The lowest BCUT2D eigenvalue weighted by Gasteiger charge is -2.24. The summed E-state index contributed by atoms with van der Waals surface area (Å²) in [6.07, 6.45) is 0.874. The van der Waals surface area contributed by atoms with Crippen LogP contribution in [0.25, 0.3) is 11.4 Å². The molecule has 0 unspecified atom stereocenters. The Morgan fingerprint density at radius 1 is 1.38 bits per heavy atom. The molecule has 2 aromatic rings. The third kappa shape index (κ3) is 3.75. The molecule has 0 saturated carbocycles. The number of benzene rings is 1. The second-order valence-corrected chi connectivity index (χ2v) is 5.80. The van der Waals surface area contributed by atoms with Crippen molar-refractivity contribution in [1.29, 1.82) is 0 Å². The largest absolute Gasteiger partial charge is 0.396 e. The van der Waals surface area contributed by atoms with Crippen LogP contribution in [0.5, 0.6) is 0 Å². The normalized spacial score (nSPS) is 11.8. The van der Waals surface area contributed by atoms with Crippen molar-refractivity contribution < 1.29 is 9.13 Å². The van der Waals surface area contributed by atoms with Crippen molar-refractivity contribution in [3.63, 3.8) is 0 Å². The lowest BCUT2D eigenvalue weighted by Crippen LogP contribution is -2.23. The molecule has 1 aromatic heterocycles. The summed E-state index contributed by atoms with van der Waals surface area (Å²) >= 11 is 0. The Balaban J connectivity index is 2.24. The van der Waals surface area contributed by atoms with Gasteiger partial charge in [0.15, 0.2) is 5.82 Å². The maximum atomic E-state index is 13.6. The minimum atomic E-state index is -0.472. The molecule has 0 atom stereocenters. The molecular weight excluding hydrogens is 273 g/mol. The second kappa shape index (κ2) is 6.17. The molecule has 0 amide bonds. The van der Waals surface area contributed by atoms with Gasteiger partial charge in [0.25, 0.3) is 0 Å². The zero-order chi connectivity index (χ0) is 15.5. The summed E-state index contributed by atoms with van der Waals surface area (Å²) < 4.78 is 20.4. The number of rotatable bonds is 6. The average molecular weight is 293 g/mol. The van der Waals surface area contributed by atoms with Gasteiger partial charge in [-0.2, -0.15) is 0 Å². The van der Waals surface area contributed by atoms with Crippen LogP contribution in [-0.2, 0) is 11.3 Å². The van der Waals surface area contributed by atoms with E-state index in [2.05, 4.69) is 29.4 Å². The van der Waals surface area contributed by atoms with E-state index in [1.54, 1.807) is 17.9 Å². The van der Waals surface area contributed by atoms with E-state index in [4.69, 9.17) is 10.5 Å². The SMILES string of the molecule is COCCC(C)(C)Cn1nnnc1-c1ccc(N)c(F)c1. The molecule has 0 aliphatic heterocycles. The fourth-order valence-electron chi connectivity index (χ4n) is 2.05. The van der Waals surface area contributed by atoms with Crippen LogP contribution in [0, 0.1) is 11.2 Å². The third-order valence-corrected chi connectivity index (χ3v) is 3.35. The standard InChI is InChI=1S/C14H20FN5O/c1-14(2,6-7-21-3)9-20-13(17-18-19-20)10-4-5-12(16)11(15)8-10/h4-5,8H,6-7,9,16H2,1-3H3. The topological polar surface area (TPSA) is 78.8 Å². The molecule has 21 heavy (non-hydrogen) atoms. The van der Waals surface area contributed by atoms with Gasteiger partial charge in [0.1, 0.15) is 5.82 Å². The number of tetrazole rings is 1. The summed E-state index contributed by atoms with van der Waals surface area (Å²) in [6, 6.07) is 4.57. The van der Waals surface area contributed by atoms with Crippen molar-refractivity contribution in [2.45, 2.75) is 26.8 Å².